The van der Waals surface area contributed by atoms with Gasteiger partial charge in [0.2, 0.25) is 0 Å². The minimum atomic E-state index is -0.237. The number of halogens is 1. The van der Waals surface area contributed by atoms with E-state index < -0.39 is 0 Å². The number of rotatable bonds is 7. The summed E-state index contributed by atoms with van der Waals surface area (Å²) >= 11 is 0. The first-order chi connectivity index (χ1) is 14.1. The summed E-state index contributed by atoms with van der Waals surface area (Å²) < 4.78 is 5.07. The Labute approximate surface area is 196 Å². The highest BCUT2D eigenvalue weighted by Gasteiger charge is 2.24. The molecule has 0 saturated carbocycles. The van der Waals surface area contributed by atoms with Gasteiger partial charge in [0, 0.05) is 37.8 Å². The molecule has 0 bridgehead atoms. The molecule has 2 rings (SSSR count). The van der Waals surface area contributed by atoms with Crippen molar-refractivity contribution in [3.8, 4) is 0 Å². The fourth-order valence-corrected chi connectivity index (χ4v) is 3.18. The maximum Gasteiger partial charge on any atom is 0.409 e. The van der Waals surface area contributed by atoms with Gasteiger partial charge in [-0.05, 0) is 51.3 Å². The molecule has 1 heterocycles. The van der Waals surface area contributed by atoms with Gasteiger partial charge >= 0.3 is 6.09 Å². The van der Waals surface area contributed by atoms with E-state index in [9.17, 15) is 9.59 Å². The van der Waals surface area contributed by atoms with E-state index >= 15 is 0 Å². The van der Waals surface area contributed by atoms with Crippen molar-refractivity contribution in [2.45, 2.75) is 46.2 Å². The molecule has 30 heavy (non-hydrogen) atoms. The number of piperidine rings is 1. The molecule has 1 aliphatic heterocycles. The van der Waals surface area contributed by atoms with Crippen molar-refractivity contribution < 1.29 is 14.3 Å². The van der Waals surface area contributed by atoms with Gasteiger partial charge in [0.15, 0.2) is 5.96 Å². The third-order valence-corrected chi connectivity index (χ3v) is 4.65. The summed E-state index contributed by atoms with van der Waals surface area (Å²) in [6, 6.07) is 7.77. The quantitative estimate of drug-likeness (QED) is 0.286. The summed E-state index contributed by atoms with van der Waals surface area (Å²) in [5.74, 6) is 0.669. The molecule has 1 aliphatic rings. The first-order valence-corrected chi connectivity index (χ1v) is 10.4. The van der Waals surface area contributed by atoms with E-state index in [1.807, 2.05) is 39.0 Å². The van der Waals surface area contributed by atoms with Crippen LogP contribution in [0.5, 0.6) is 0 Å². The van der Waals surface area contributed by atoms with Crippen LogP contribution >= 0.6 is 24.0 Å². The van der Waals surface area contributed by atoms with Crippen LogP contribution < -0.4 is 16.0 Å². The zero-order valence-corrected chi connectivity index (χ0v) is 20.4. The maximum atomic E-state index is 12.0. The van der Waals surface area contributed by atoms with Gasteiger partial charge in [-0.2, -0.15) is 0 Å². The molecule has 1 aromatic rings. The van der Waals surface area contributed by atoms with Crippen molar-refractivity contribution in [2.24, 2.45) is 4.99 Å². The standard InChI is InChI=1S/C21H33N5O3.HI/c1-4-22-19(27)17-9-7-8-16(14-17)15-24-20(23-5-2)25-18-10-12-26(13-11-18)21(28)29-6-3;/h7-9,14,18H,4-6,10-13,15H2,1-3H3,(H,22,27)(H2,23,24,25);1H. The van der Waals surface area contributed by atoms with Gasteiger partial charge in [0.1, 0.15) is 0 Å². The Balaban J connectivity index is 0.00000450. The van der Waals surface area contributed by atoms with Crippen molar-refractivity contribution in [1.29, 1.82) is 0 Å². The number of hydrogen-bond donors (Lipinski definition) is 3. The van der Waals surface area contributed by atoms with Crippen molar-refractivity contribution in [3.63, 3.8) is 0 Å². The monoisotopic (exact) mass is 531 g/mol. The summed E-state index contributed by atoms with van der Waals surface area (Å²) in [6.45, 7) is 9.32. The summed E-state index contributed by atoms with van der Waals surface area (Å²) in [5.41, 5.74) is 1.62. The second-order valence-electron chi connectivity index (χ2n) is 6.86. The van der Waals surface area contributed by atoms with Crippen molar-refractivity contribution in [1.82, 2.24) is 20.9 Å². The van der Waals surface area contributed by atoms with Crippen molar-refractivity contribution in [3.05, 3.63) is 35.4 Å². The highest BCUT2D eigenvalue weighted by atomic mass is 127. The number of hydrogen-bond acceptors (Lipinski definition) is 4. The average Bonchev–Trinajstić information content (AvgIpc) is 2.73. The number of guanidine groups is 1. The molecular formula is C21H34IN5O3. The molecule has 0 atom stereocenters. The Bertz CT molecular complexity index is 706. The zero-order valence-electron chi connectivity index (χ0n) is 18.1. The molecule has 0 aromatic heterocycles. The number of aliphatic imine (C=N–C) groups is 1. The molecule has 1 saturated heterocycles. The molecule has 2 amide bonds. The SMILES string of the molecule is CCNC(=O)c1cccc(CN=C(NCC)NC2CCN(C(=O)OCC)CC2)c1.I. The largest absolute Gasteiger partial charge is 0.450 e. The maximum absolute atomic E-state index is 12.0. The second-order valence-corrected chi connectivity index (χ2v) is 6.86. The van der Waals surface area contributed by atoms with E-state index in [4.69, 9.17) is 4.74 Å². The molecule has 9 heteroatoms. The number of ether oxygens (including phenoxy) is 1. The summed E-state index contributed by atoms with van der Waals surface area (Å²) in [4.78, 5) is 30.2. The van der Waals surface area contributed by atoms with Gasteiger partial charge in [-0.1, -0.05) is 12.1 Å². The highest BCUT2D eigenvalue weighted by Crippen LogP contribution is 2.12. The zero-order chi connectivity index (χ0) is 21.1. The highest BCUT2D eigenvalue weighted by molar-refractivity contribution is 14.0. The van der Waals surface area contributed by atoms with Crippen LogP contribution in [0.3, 0.4) is 0 Å². The summed E-state index contributed by atoms with van der Waals surface area (Å²) in [5, 5.41) is 9.54. The number of benzene rings is 1. The van der Waals surface area contributed by atoms with Crippen molar-refractivity contribution in [2.75, 3.05) is 32.8 Å². The molecule has 0 unspecified atom stereocenters. The minimum absolute atomic E-state index is 0. The normalized spacial score (nSPS) is 14.5. The van der Waals surface area contributed by atoms with Gasteiger partial charge in [-0.15, -0.1) is 24.0 Å². The first kappa shape index (κ1) is 26.0. The van der Waals surface area contributed by atoms with E-state index in [0.717, 1.165) is 30.9 Å². The van der Waals surface area contributed by atoms with Crippen LogP contribution in [0.25, 0.3) is 0 Å². The molecule has 1 aromatic carbocycles. The Morgan fingerprint density at radius 2 is 1.83 bits per heavy atom. The van der Waals surface area contributed by atoms with E-state index in [1.165, 1.54) is 0 Å². The van der Waals surface area contributed by atoms with E-state index in [0.29, 0.717) is 38.3 Å². The summed E-state index contributed by atoms with van der Waals surface area (Å²) in [6.07, 6.45) is 1.45. The molecule has 3 N–H and O–H groups in total. The number of nitrogens with zero attached hydrogens (tertiary/aromatic N) is 2. The molecule has 0 radical (unpaired) electrons. The van der Waals surface area contributed by atoms with E-state index in [2.05, 4.69) is 20.9 Å². The fraction of sp³-hybridized carbons (Fsp3) is 0.571. The molecule has 1 fully saturated rings. The van der Waals surface area contributed by atoms with E-state index in [-0.39, 0.29) is 42.0 Å². The lowest BCUT2D eigenvalue weighted by Gasteiger charge is -2.32. The Morgan fingerprint density at radius 3 is 2.47 bits per heavy atom. The number of carbonyl (C=O) groups excluding carboxylic acids is 2. The second kappa shape index (κ2) is 14.1. The predicted molar refractivity (Wildman–Crippen MR) is 129 cm³/mol. The molecule has 0 spiro atoms. The predicted octanol–water partition coefficient (Wildman–Crippen LogP) is 2.73. The van der Waals surface area contributed by atoms with Gasteiger partial charge in [0.25, 0.3) is 5.91 Å². The summed E-state index contributed by atoms with van der Waals surface area (Å²) in [7, 11) is 0. The van der Waals surface area contributed by atoms with Gasteiger partial charge in [-0.25, -0.2) is 9.79 Å². The Morgan fingerprint density at radius 1 is 1.13 bits per heavy atom. The third kappa shape index (κ3) is 8.37. The van der Waals surface area contributed by atoms with Crippen LogP contribution in [-0.2, 0) is 11.3 Å². The van der Waals surface area contributed by atoms with Crippen LogP contribution in [0.1, 0.15) is 49.5 Å². The average molecular weight is 531 g/mol. The topological polar surface area (TPSA) is 95.1 Å². The van der Waals surface area contributed by atoms with Crippen LogP contribution in [0.4, 0.5) is 4.79 Å². The lowest BCUT2D eigenvalue weighted by molar-refractivity contribution is 0.0950. The molecule has 168 valence electrons. The lowest BCUT2D eigenvalue weighted by atomic mass is 10.1. The van der Waals surface area contributed by atoms with Crippen LogP contribution in [0.15, 0.2) is 29.3 Å². The van der Waals surface area contributed by atoms with Crippen LogP contribution in [0.2, 0.25) is 0 Å². The Hall–Kier alpha value is -2.04. The van der Waals surface area contributed by atoms with Gasteiger partial charge < -0.3 is 25.6 Å². The molecular weight excluding hydrogens is 497 g/mol. The lowest BCUT2D eigenvalue weighted by Crippen LogP contribution is -2.49. The van der Waals surface area contributed by atoms with Crippen LogP contribution in [0, 0.1) is 0 Å². The third-order valence-electron chi connectivity index (χ3n) is 4.65. The number of nitrogens with one attached hydrogen (secondary N) is 3. The van der Waals surface area contributed by atoms with Gasteiger partial charge in [-0.3, -0.25) is 4.79 Å². The van der Waals surface area contributed by atoms with E-state index in [1.54, 1.807) is 11.0 Å². The smallest absolute Gasteiger partial charge is 0.409 e. The fourth-order valence-electron chi connectivity index (χ4n) is 3.18. The first-order valence-electron chi connectivity index (χ1n) is 10.4. The number of carbonyl (C=O) groups is 2. The Kier molecular flexibility index (Phi) is 12.2. The molecule has 8 nitrogen and oxygen atoms in total. The van der Waals surface area contributed by atoms with Crippen LogP contribution in [-0.4, -0.2) is 61.7 Å². The number of amides is 2. The number of likely N-dealkylation sites (tertiary alicyclic amines) is 1. The molecule has 0 aliphatic carbocycles. The van der Waals surface area contributed by atoms with Crippen molar-refractivity contribution >= 4 is 41.9 Å². The minimum Gasteiger partial charge on any atom is -0.450 e. The van der Waals surface area contributed by atoms with Gasteiger partial charge in [0.05, 0.1) is 13.2 Å².